The highest BCUT2D eigenvalue weighted by molar-refractivity contribution is 9.10. The molecule has 3 rings (SSSR count). The first-order valence-electron chi connectivity index (χ1n) is 9.64. The molecular weight excluding hydrogens is 422 g/mol. The van der Waals surface area contributed by atoms with E-state index in [-0.39, 0.29) is 11.8 Å². The van der Waals surface area contributed by atoms with Crippen molar-refractivity contribution in [3.63, 3.8) is 0 Å². The van der Waals surface area contributed by atoms with Crippen LogP contribution in [0.2, 0.25) is 0 Å². The van der Waals surface area contributed by atoms with Crippen molar-refractivity contribution < 1.29 is 14.0 Å². The number of furan rings is 1. The highest BCUT2D eigenvalue weighted by atomic mass is 79.9. The Hall–Kier alpha value is -2.12. The number of likely N-dealkylation sites (N-methyl/N-ethyl adjacent to an activating group) is 1. The van der Waals surface area contributed by atoms with Gasteiger partial charge in [0.15, 0.2) is 0 Å². The fourth-order valence-corrected chi connectivity index (χ4v) is 3.75. The van der Waals surface area contributed by atoms with E-state index in [1.54, 1.807) is 29.4 Å². The Balaban J connectivity index is 1.64. The lowest BCUT2D eigenvalue weighted by atomic mass is 10.2. The summed E-state index contributed by atoms with van der Waals surface area (Å²) >= 11 is 3.41. The SMILES string of the molecule is CCN1CCN(C(=O)CCN(Cc2ccco2)C(=O)c2cccc(Br)c2)CC1. The van der Waals surface area contributed by atoms with Gasteiger partial charge in [-0.15, -0.1) is 0 Å². The fourth-order valence-electron chi connectivity index (χ4n) is 3.35. The van der Waals surface area contributed by atoms with E-state index in [1.807, 2.05) is 23.1 Å². The minimum atomic E-state index is -0.110. The van der Waals surface area contributed by atoms with Crippen LogP contribution in [-0.2, 0) is 11.3 Å². The molecule has 0 N–H and O–H groups in total. The topological polar surface area (TPSA) is 57.0 Å². The third-order valence-corrected chi connectivity index (χ3v) is 5.55. The van der Waals surface area contributed by atoms with Gasteiger partial charge in [-0.05, 0) is 36.9 Å². The molecule has 1 aromatic heterocycles. The minimum absolute atomic E-state index is 0.0993. The summed E-state index contributed by atoms with van der Waals surface area (Å²) in [6, 6.07) is 10.9. The third-order valence-electron chi connectivity index (χ3n) is 5.05. The Morgan fingerprint density at radius 2 is 1.93 bits per heavy atom. The average Bonchev–Trinajstić information content (AvgIpc) is 3.23. The Kier molecular flexibility index (Phi) is 7.28. The standard InChI is InChI=1S/C21H26BrN3O3/c1-2-23-10-12-24(13-11-23)20(26)8-9-25(16-19-7-4-14-28-19)21(27)17-5-3-6-18(22)15-17/h3-7,14-15H,2,8-13,16H2,1H3. The largest absolute Gasteiger partial charge is 0.467 e. The van der Waals surface area contributed by atoms with Gasteiger partial charge in [-0.1, -0.05) is 28.9 Å². The molecule has 0 aliphatic carbocycles. The zero-order valence-corrected chi connectivity index (χ0v) is 17.7. The van der Waals surface area contributed by atoms with E-state index in [4.69, 9.17) is 4.42 Å². The van der Waals surface area contributed by atoms with Crippen molar-refractivity contribution in [2.24, 2.45) is 0 Å². The van der Waals surface area contributed by atoms with Crippen molar-refractivity contribution in [1.29, 1.82) is 0 Å². The summed E-state index contributed by atoms with van der Waals surface area (Å²) in [5.41, 5.74) is 0.588. The van der Waals surface area contributed by atoms with Crippen molar-refractivity contribution in [1.82, 2.24) is 14.7 Å². The highest BCUT2D eigenvalue weighted by Gasteiger charge is 2.23. The maximum Gasteiger partial charge on any atom is 0.254 e. The lowest BCUT2D eigenvalue weighted by Crippen LogP contribution is -2.49. The van der Waals surface area contributed by atoms with Gasteiger partial charge in [0.2, 0.25) is 5.91 Å². The number of carbonyl (C=O) groups excluding carboxylic acids is 2. The number of halogens is 1. The molecule has 1 saturated heterocycles. The molecule has 0 unspecified atom stereocenters. The molecule has 6 nitrogen and oxygen atoms in total. The summed E-state index contributed by atoms with van der Waals surface area (Å²) in [6.45, 7) is 7.19. The van der Waals surface area contributed by atoms with Gasteiger partial charge in [0.1, 0.15) is 5.76 Å². The van der Waals surface area contributed by atoms with Crippen LogP contribution >= 0.6 is 15.9 Å². The van der Waals surface area contributed by atoms with Gasteiger partial charge >= 0.3 is 0 Å². The van der Waals surface area contributed by atoms with Crippen LogP contribution < -0.4 is 0 Å². The summed E-state index contributed by atoms with van der Waals surface area (Å²) in [7, 11) is 0. The van der Waals surface area contributed by atoms with Gasteiger partial charge in [-0.3, -0.25) is 9.59 Å². The maximum atomic E-state index is 13.0. The summed E-state index contributed by atoms with van der Waals surface area (Å²) in [6.07, 6.45) is 1.90. The summed E-state index contributed by atoms with van der Waals surface area (Å²) < 4.78 is 6.27. The molecule has 2 heterocycles. The average molecular weight is 448 g/mol. The van der Waals surface area contributed by atoms with Gasteiger partial charge in [0.05, 0.1) is 12.8 Å². The van der Waals surface area contributed by atoms with E-state index >= 15 is 0 Å². The smallest absolute Gasteiger partial charge is 0.254 e. The number of piperazine rings is 1. The van der Waals surface area contributed by atoms with Crippen LogP contribution in [0.3, 0.4) is 0 Å². The zero-order valence-electron chi connectivity index (χ0n) is 16.1. The highest BCUT2D eigenvalue weighted by Crippen LogP contribution is 2.16. The molecule has 2 amide bonds. The summed E-state index contributed by atoms with van der Waals surface area (Å²) in [5, 5.41) is 0. The zero-order chi connectivity index (χ0) is 19.9. The molecule has 0 radical (unpaired) electrons. The normalized spacial score (nSPS) is 14.9. The predicted molar refractivity (Wildman–Crippen MR) is 111 cm³/mol. The molecule has 1 aliphatic rings. The first-order valence-corrected chi connectivity index (χ1v) is 10.4. The molecule has 2 aromatic rings. The lowest BCUT2D eigenvalue weighted by molar-refractivity contribution is -0.133. The van der Waals surface area contributed by atoms with Gasteiger partial charge < -0.3 is 19.1 Å². The van der Waals surface area contributed by atoms with Gasteiger partial charge in [-0.2, -0.15) is 0 Å². The quantitative estimate of drug-likeness (QED) is 0.653. The molecular formula is C21H26BrN3O3. The maximum absolute atomic E-state index is 13.0. The Bertz CT molecular complexity index is 786. The van der Waals surface area contributed by atoms with Crippen LogP contribution in [0.25, 0.3) is 0 Å². The van der Waals surface area contributed by atoms with Crippen LogP contribution in [0.1, 0.15) is 29.5 Å². The summed E-state index contributed by atoms with van der Waals surface area (Å²) in [4.78, 5) is 31.6. The van der Waals surface area contributed by atoms with Gasteiger partial charge in [-0.25, -0.2) is 0 Å². The number of hydrogen-bond donors (Lipinski definition) is 0. The molecule has 0 bridgehead atoms. The van der Waals surface area contributed by atoms with E-state index < -0.39 is 0 Å². The molecule has 0 spiro atoms. The first-order chi connectivity index (χ1) is 13.6. The van der Waals surface area contributed by atoms with Crippen LogP contribution in [-0.4, -0.2) is 65.8 Å². The van der Waals surface area contributed by atoms with E-state index in [2.05, 4.69) is 27.8 Å². The second kappa shape index (κ2) is 9.89. The number of nitrogens with zero attached hydrogens (tertiary/aromatic N) is 3. The van der Waals surface area contributed by atoms with Gasteiger partial charge in [0, 0.05) is 49.2 Å². The number of rotatable bonds is 7. The number of amides is 2. The molecule has 1 fully saturated rings. The molecule has 0 atom stereocenters. The second-order valence-electron chi connectivity index (χ2n) is 6.88. The van der Waals surface area contributed by atoms with Crippen LogP contribution in [0.5, 0.6) is 0 Å². The number of benzene rings is 1. The van der Waals surface area contributed by atoms with E-state index in [0.717, 1.165) is 37.2 Å². The molecule has 0 saturated carbocycles. The predicted octanol–water partition coefficient (Wildman–Crippen LogP) is 3.24. The minimum Gasteiger partial charge on any atom is -0.467 e. The number of hydrogen-bond acceptors (Lipinski definition) is 4. The molecule has 28 heavy (non-hydrogen) atoms. The van der Waals surface area contributed by atoms with E-state index in [1.165, 1.54) is 0 Å². The molecule has 1 aliphatic heterocycles. The van der Waals surface area contributed by atoms with Crippen molar-refractivity contribution in [2.45, 2.75) is 19.9 Å². The molecule has 7 heteroatoms. The Morgan fingerprint density at radius 3 is 2.57 bits per heavy atom. The van der Waals surface area contributed by atoms with Crippen molar-refractivity contribution in [3.8, 4) is 0 Å². The second-order valence-corrected chi connectivity index (χ2v) is 7.80. The van der Waals surface area contributed by atoms with Crippen LogP contribution in [0, 0.1) is 0 Å². The fraction of sp³-hybridized carbons (Fsp3) is 0.429. The monoisotopic (exact) mass is 447 g/mol. The first kappa shape index (κ1) is 20.6. The van der Waals surface area contributed by atoms with Crippen molar-refractivity contribution in [2.75, 3.05) is 39.3 Å². The van der Waals surface area contributed by atoms with Gasteiger partial charge in [0.25, 0.3) is 5.91 Å². The third kappa shape index (κ3) is 5.45. The van der Waals surface area contributed by atoms with E-state index in [9.17, 15) is 9.59 Å². The Labute approximate surface area is 174 Å². The number of carbonyl (C=O) groups is 2. The van der Waals surface area contributed by atoms with Crippen LogP contribution in [0.15, 0.2) is 51.6 Å². The van der Waals surface area contributed by atoms with E-state index in [0.29, 0.717) is 30.8 Å². The lowest BCUT2D eigenvalue weighted by Gasteiger charge is -2.34. The van der Waals surface area contributed by atoms with Crippen molar-refractivity contribution in [3.05, 3.63) is 58.5 Å². The Morgan fingerprint density at radius 1 is 1.14 bits per heavy atom. The molecule has 1 aromatic carbocycles. The van der Waals surface area contributed by atoms with Crippen LogP contribution in [0.4, 0.5) is 0 Å². The summed E-state index contributed by atoms with van der Waals surface area (Å²) in [5.74, 6) is 0.691. The van der Waals surface area contributed by atoms with Crippen molar-refractivity contribution >= 4 is 27.7 Å². The molecule has 150 valence electrons.